The average Bonchev–Trinajstić information content (AvgIpc) is 2.92. The lowest BCUT2D eigenvalue weighted by Crippen LogP contribution is -2.62. The zero-order chi connectivity index (χ0) is 34.0. The number of likely N-dealkylation sites (N-methyl/N-ethyl adjacent to an activating group) is 3. The smallest absolute Gasteiger partial charge is 0.319 e. The molecule has 12 nitrogen and oxygen atoms in total. The van der Waals surface area contributed by atoms with Crippen molar-refractivity contribution in [3.63, 3.8) is 0 Å². The fourth-order valence-corrected chi connectivity index (χ4v) is 7.38. The van der Waals surface area contributed by atoms with Gasteiger partial charge in [0.25, 0.3) is 0 Å². The lowest BCUT2D eigenvalue weighted by Gasteiger charge is -2.48. The summed E-state index contributed by atoms with van der Waals surface area (Å²) in [7, 11) is 11.2. The third-order valence-corrected chi connectivity index (χ3v) is 10.3. The van der Waals surface area contributed by atoms with Crippen LogP contribution in [0.15, 0.2) is 0 Å². The molecule has 12 heteroatoms. The first-order valence-corrected chi connectivity index (χ1v) is 16.4. The van der Waals surface area contributed by atoms with E-state index in [4.69, 9.17) is 18.9 Å². The molecule has 1 amide bonds. The van der Waals surface area contributed by atoms with Crippen LogP contribution in [0.5, 0.6) is 0 Å². The van der Waals surface area contributed by atoms with Gasteiger partial charge in [0.15, 0.2) is 12.1 Å². The summed E-state index contributed by atoms with van der Waals surface area (Å²) in [4.78, 5) is 48.5. The standard InChI is InChI=1S/C33H60N4O8/c1-20-16-24(35(9)10)27(39)30(43-20)45-29-21(2)28(40)32(4,5)31(41)44-22(3)26(36(11)15-13-14-33(29,6)42-12)23-17-37(18-23)25(38)19-34(7)8/h20-24,26-27,29-30,39H,13-19H2,1-12H3/t20-,21?,22-,24+,26?,27-,29-,30+,33-/m1/s1. The number of Topliss-reactive ketones (excluding diaryl/α,β-unsaturated/α-hetero) is 1. The second-order valence-electron chi connectivity index (χ2n) is 14.9. The molecule has 3 aliphatic rings. The van der Waals surface area contributed by atoms with Gasteiger partial charge < -0.3 is 38.8 Å². The second kappa shape index (κ2) is 15.0. The van der Waals surface area contributed by atoms with E-state index in [9.17, 15) is 19.5 Å². The second-order valence-corrected chi connectivity index (χ2v) is 14.9. The average molecular weight is 641 g/mol. The molecule has 3 aliphatic heterocycles. The number of nitrogens with zero attached hydrogens (tertiary/aromatic N) is 4. The fourth-order valence-electron chi connectivity index (χ4n) is 7.38. The Morgan fingerprint density at radius 2 is 1.71 bits per heavy atom. The van der Waals surface area contributed by atoms with Crippen LogP contribution >= 0.6 is 0 Å². The first-order valence-electron chi connectivity index (χ1n) is 16.4. The topological polar surface area (TPSA) is 121 Å². The van der Waals surface area contributed by atoms with E-state index >= 15 is 0 Å². The molecule has 3 rings (SSSR count). The number of aliphatic hydroxyl groups excluding tert-OH is 1. The summed E-state index contributed by atoms with van der Waals surface area (Å²) in [6.07, 6.45) is -1.51. The Labute approximate surface area is 270 Å². The Morgan fingerprint density at radius 1 is 1.09 bits per heavy atom. The van der Waals surface area contributed by atoms with Gasteiger partial charge in [0, 0.05) is 38.1 Å². The number of aliphatic hydroxyl groups is 1. The molecule has 3 fully saturated rings. The number of rotatable bonds is 7. The molecule has 9 atom stereocenters. The molecule has 260 valence electrons. The normalized spacial score (nSPS) is 37.9. The van der Waals surface area contributed by atoms with E-state index in [-0.39, 0.29) is 35.8 Å². The molecule has 45 heavy (non-hydrogen) atoms. The lowest BCUT2D eigenvalue weighted by atomic mass is 9.75. The molecule has 0 spiro atoms. The van der Waals surface area contributed by atoms with Gasteiger partial charge in [-0.1, -0.05) is 6.92 Å². The molecule has 3 saturated heterocycles. The van der Waals surface area contributed by atoms with Gasteiger partial charge in [0.2, 0.25) is 5.91 Å². The van der Waals surface area contributed by atoms with Crippen LogP contribution in [0.1, 0.15) is 60.8 Å². The Morgan fingerprint density at radius 3 is 2.27 bits per heavy atom. The summed E-state index contributed by atoms with van der Waals surface area (Å²) in [5, 5.41) is 11.3. The summed E-state index contributed by atoms with van der Waals surface area (Å²) in [6.45, 7) is 12.9. The Bertz CT molecular complexity index is 1030. The Balaban J connectivity index is 1.92. The van der Waals surface area contributed by atoms with Gasteiger partial charge in [0.05, 0.1) is 30.4 Å². The predicted octanol–water partition coefficient (Wildman–Crippen LogP) is 1.48. The maximum Gasteiger partial charge on any atom is 0.319 e. The van der Waals surface area contributed by atoms with Crippen molar-refractivity contribution in [3.8, 4) is 0 Å². The Hall–Kier alpha value is -1.67. The van der Waals surface area contributed by atoms with E-state index < -0.39 is 47.5 Å². The molecule has 0 radical (unpaired) electrons. The minimum atomic E-state index is -1.47. The van der Waals surface area contributed by atoms with Crippen LogP contribution in [0.4, 0.5) is 0 Å². The zero-order valence-corrected chi connectivity index (χ0v) is 29.7. The van der Waals surface area contributed by atoms with Crippen molar-refractivity contribution in [3.05, 3.63) is 0 Å². The van der Waals surface area contributed by atoms with Gasteiger partial charge in [-0.2, -0.15) is 0 Å². The quantitative estimate of drug-likeness (QED) is 0.322. The molecule has 0 aromatic rings. The number of likely N-dealkylation sites (tertiary alicyclic amines) is 1. The fraction of sp³-hybridized carbons (Fsp3) is 0.909. The molecule has 1 N–H and O–H groups in total. The van der Waals surface area contributed by atoms with Crippen molar-refractivity contribution in [2.45, 2.75) is 109 Å². The maximum absolute atomic E-state index is 14.2. The highest BCUT2D eigenvalue weighted by atomic mass is 16.7. The third-order valence-electron chi connectivity index (χ3n) is 10.3. The van der Waals surface area contributed by atoms with Crippen LogP contribution in [-0.4, -0.2) is 159 Å². The van der Waals surface area contributed by atoms with Gasteiger partial charge in [-0.05, 0) is 95.7 Å². The molecule has 2 unspecified atom stereocenters. The summed E-state index contributed by atoms with van der Waals surface area (Å²) >= 11 is 0. The van der Waals surface area contributed by atoms with E-state index in [1.807, 2.05) is 70.7 Å². The summed E-state index contributed by atoms with van der Waals surface area (Å²) in [5.41, 5.74) is -2.41. The maximum atomic E-state index is 14.2. The summed E-state index contributed by atoms with van der Waals surface area (Å²) in [6, 6.07) is -0.329. The monoisotopic (exact) mass is 640 g/mol. The van der Waals surface area contributed by atoms with Gasteiger partial charge in [-0.15, -0.1) is 0 Å². The van der Waals surface area contributed by atoms with E-state index in [0.717, 1.165) is 0 Å². The number of esters is 1. The molecule has 0 aliphatic carbocycles. The van der Waals surface area contributed by atoms with E-state index in [0.29, 0.717) is 45.4 Å². The lowest BCUT2D eigenvalue weighted by molar-refractivity contribution is -0.295. The van der Waals surface area contributed by atoms with Crippen molar-refractivity contribution >= 4 is 17.7 Å². The molecule has 0 aromatic carbocycles. The number of ketones is 1. The van der Waals surface area contributed by atoms with Crippen molar-refractivity contribution in [1.29, 1.82) is 0 Å². The van der Waals surface area contributed by atoms with E-state index in [2.05, 4.69) is 4.90 Å². The van der Waals surface area contributed by atoms with Crippen LogP contribution in [0.25, 0.3) is 0 Å². The Kier molecular flexibility index (Phi) is 12.6. The number of hydrogen-bond acceptors (Lipinski definition) is 11. The molecule has 0 aromatic heterocycles. The van der Waals surface area contributed by atoms with E-state index in [1.54, 1.807) is 27.9 Å². The number of hydrogen-bond donors (Lipinski definition) is 1. The van der Waals surface area contributed by atoms with Crippen molar-refractivity contribution in [1.82, 2.24) is 19.6 Å². The largest absolute Gasteiger partial charge is 0.460 e. The molecule has 0 saturated carbocycles. The molecular formula is C33H60N4O8. The van der Waals surface area contributed by atoms with Crippen molar-refractivity contribution in [2.24, 2.45) is 17.3 Å². The third kappa shape index (κ3) is 8.44. The van der Waals surface area contributed by atoms with Crippen LogP contribution in [-0.2, 0) is 33.3 Å². The first kappa shape index (κ1) is 37.8. The molecular weight excluding hydrogens is 580 g/mol. The summed E-state index contributed by atoms with van der Waals surface area (Å²) in [5.74, 6) is -1.51. The first-order chi connectivity index (χ1) is 20.8. The number of methoxy groups -OCH3 is 1. The number of amides is 1. The predicted molar refractivity (Wildman–Crippen MR) is 171 cm³/mol. The van der Waals surface area contributed by atoms with Crippen molar-refractivity contribution in [2.75, 3.05) is 68.5 Å². The van der Waals surface area contributed by atoms with Crippen LogP contribution in [0.2, 0.25) is 0 Å². The minimum Gasteiger partial charge on any atom is -0.460 e. The highest BCUT2D eigenvalue weighted by Crippen LogP contribution is 2.38. The van der Waals surface area contributed by atoms with Gasteiger partial charge in [-0.25, -0.2) is 0 Å². The SMILES string of the molecule is CO[C@]1(C)CCCN(C)C(C2CN(C(=O)CN(C)C)C2)[C@@H](C)OC(=O)C(C)(C)C(=O)C(C)[C@H]1O[C@@H]1O[C@H](C)C[C@H](N(C)C)[C@H]1O. The summed E-state index contributed by atoms with van der Waals surface area (Å²) < 4.78 is 24.9. The number of carbonyl (C=O) groups excluding carboxylic acids is 3. The highest BCUT2D eigenvalue weighted by Gasteiger charge is 2.52. The number of cyclic esters (lactones) is 1. The van der Waals surface area contributed by atoms with Gasteiger partial charge >= 0.3 is 5.97 Å². The molecule has 3 heterocycles. The van der Waals surface area contributed by atoms with Crippen LogP contribution < -0.4 is 0 Å². The van der Waals surface area contributed by atoms with E-state index in [1.165, 1.54) is 0 Å². The van der Waals surface area contributed by atoms with Crippen LogP contribution in [0, 0.1) is 17.3 Å². The van der Waals surface area contributed by atoms with Crippen molar-refractivity contribution < 1.29 is 38.4 Å². The molecule has 0 bridgehead atoms. The van der Waals surface area contributed by atoms with Gasteiger partial charge in [0.1, 0.15) is 17.6 Å². The number of carbonyl (C=O) groups is 3. The highest BCUT2D eigenvalue weighted by molar-refractivity contribution is 6.04. The minimum absolute atomic E-state index is 0.0779. The van der Waals surface area contributed by atoms with Crippen LogP contribution in [0.3, 0.4) is 0 Å². The zero-order valence-electron chi connectivity index (χ0n) is 29.7. The number of ether oxygens (including phenoxy) is 4. The van der Waals surface area contributed by atoms with Gasteiger partial charge in [-0.3, -0.25) is 19.3 Å².